The van der Waals surface area contributed by atoms with E-state index in [9.17, 15) is 4.39 Å². The fourth-order valence-electron chi connectivity index (χ4n) is 3.35. The van der Waals surface area contributed by atoms with E-state index in [1.807, 2.05) is 48.5 Å². The summed E-state index contributed by atoms with van der Waals surface area (Å²) in [6, 6.07) is 22.8. The van der Waals surface area contributed by atoms with Gasteiger partial charge in [-0.05, 0) is 48.9 Å². The highest BCUT2D eigenvalue weighted by atomic mass is 32.2. The van der Waals surface area contributed by atoms with Crippen molar-refractivity contribution in [1.29, 1.82) is 0 Å². The maximum atomic E-state index is 13.3. The van der Waals surface area contributed by atoms with Gasteiger partial charge in [0.25, 0.3) is 0 Å². The first kappa shape index (κ1) is 16.3. The van der Waals surface area contributed by atoms with Crippen molar-refractivity contribution in [2.75, 3.05) is 0 Å². The van der Waals surface area contributed by atoms with Gasteiger partial charge in [-0.3, -0.25) is 4.40 Å². The highest BCUT2D eigenvalue weighted by Gasteiger charge is 2.17. The van der Waals surface area contributed by atoms with Crippen molar-refractivity contribution in [3.8, 4) is 0 Å². The maximum absolute atomic E-state index is 13.3. The smallest absolute Gasteiger partial charge is 0.175 e. The molecule has 0 saturated heterocycles. The molecule has 3 aromatic carbocycles. The van der Waals surface area contributed by atoms with Crippen molar-refractivity contribution in [2.45, 2.75) is 17.3 Å². The van der Waals surface area contributed by atoms with Gasteiger partial charge in [-0.1, -0.05) is 48.2 Å². The second-order valence-electron chi connectivity index (χ2n) is 6.48. The third-order valence-electron chi connectivity index (χ3n) is 4.73. The average molecular weight is 373 g/mol. The van der Waals surface area contributed by atoms with Crippen LogP contribution < -0.4 is 0 Å². The van der Waals surface area contributed by atoms with E-state index >= 15 is 0 Å². The van der Waals surface area contributed by atoms with Crippen LogP contribution >= 0.6 is 11.8 Å². The molecule has 1 atom stereocenters. The predicted molar refractivity (Wildman–Crippen MR) is 109 cm³/mol. The summed E-state index contributed by atoms with van der Waals surface area (Å²) in [6.45, 7) is 2.11. The van der Waals surface area contributed by atoms with Crippen molar-refractivity contribution in [2.24, 2.45) is 0 Å². The van der Waals surface area contributed by atoms with Crippen LogP contribution in [0.2, 0.25) is 0 Å². The molecule has 0 aliphatic carbocycles. The standard InChI is InChI=1S/C22H16FN3S/c1-14(15-10-12-16(23)13-11-15)27-22-25-18-7-3-2-6-17(18)21-24-19-8-4-5-9-20(19)26(21)22/h2-14H,1H3/t14-/m0/s1. The van der Waals surface area contributed by atoms with Crippen molar-refractivity contribution < 1.29 is 4.39 Å². The lowest BCUT2D eigenvalue weighted by atomic mass is 10.2. The summed E-state index contributed by atoms with van der Waals surface area (Å²) in [6.07, 6.45) is 0. The van der Waals surface area contributed by atoms with Crippen LogP contribution in [0.1, 0.15) is 17.7 Å². The second kappa shape index (κ2) is 6.35. The van der Waals surface area contributed by atoms with Gasteiger partial charge < -0.3 is 0 Å². The second-order valence-corrected chi connectivity index (χ2v) is 7.79. The molecule has 0 unspecified atom stereocenters. The molecule has 132 valence electrons. The van der Waals surface area contributed by atoms with Crippen molar-refractivity contribution in [1.82, 2.24) is 14.4 Å². The van der Waals surface area contributed by atoms with Gasteiger partial charge in [0.2, 0.25) is 0 Å². The van der Waals surface area contributed by atoms with E-state index in [4.69, 9.17) is 9.97 Å². The van der Waals surface area contributed by atoms with E-state index in [1.54, 1.807) is 11.8 Å². The summed E-state index contributed by atoms with van der Waals surface area (Å²) in [5.74, 6) is -0.220. The number of hydrogen-bond acceptors (Lipinski definition) is 3. The van der Waals surface area contributed by atoms with Gasteiger partial charge in [-0.2, -0.15) is 0 Å². The SMILES string of the molecule is C[C@H](Sc1nc2ccccc2c2nc3ccccc3n12)c1ccc(F)cc1. The Morgan fingerprint density at radius 1 is 0.852 bits per heavy atom. The monoisotopic (exact) mass is 373 g/mol. The van der Waals surface area contributed by atoms with Crippen molar-refractivity contribution >= 4 is 39.3 Å². The molecular weight excluding hydrogens is 357 g/mol. The normalized spacial score (nSPS) is 12.8. The number of fused-ring (bicyclic) bond motifs is 5. The summed E-state index contributed by atoms with van der Waals surface area (Å²) in [4.78, 5) is 9.78. The van der Waals surface area contributed by atoms with Gasteiger partial charge in [-0.15, -0.1) is 0 Å². The number of benzene rings is 3. The number of para-hydroxylation sites is 3. The zero-order valence-corrected chi connectivity index (χ0v) is 15.4. The van der Waals surface area contributed by atoms with Crippen LogP contribution in [0.15, 0.2) is 78.0 Å². The minimum atomic E-state index is -0.220. The fraction of sp³-hybridized carbons (Fsp3) is 0.0909. The Morgan fingerprint density at radius 2 is 1.56 bits per heavy atom. The predicted octanol–water partition coefficient (Wildman–Crippen LogP) is 6.03. The first-order chi connectivity index (χ1) is 13.2. The summed E-state index contributed by atoms with van der Waals surface area (Å²) < 4.78 is 15.4. The number of hydrogen-bond donors (Lipinski definition) is 0. The molecule has 0 fully saturated rings. The topological polar surface area (TPSA) is 30.2 Å². The van der Waals surface area contributed by atoms with E-state index in [-0.39, 0.29) is 11.1 Å². The Labute approximate surface area is 159 Å². The molecule has 5 aromatic rings. The van der Waals surface area contributed by atoms with E-state index < -0.39 is 0 Å². The molecule has 0 bridgehead atoms. The molecule has 0 spiro atoms. The molecule has 0 amide bonds. The van der Waals surface area contributed by atoms with Gasteiger partial charge in [0.05, 0.1) is 16.6 Å². The van der Waals surface area contributed by atoms with Gasteiger partial charge >= 0.3 is 0 Å². The molecule has 3 nitrogen and oxygen atoms in total. The summed E-state index contributed by atoms with van der Waals surface area (Å²) in [5, 5.41) is 2.05. The van der Waals surface area contributed by atoms with Crippen LogP contribution in [0.5, 0.6) is 0 Å². The highest BCUT2D eigenvalue weighted by Crippen LogP contribution is 2.37. The Kier molecular flexibility index (Phi) is 3.83. The van der Waals surface area contributed by atoms with E-state index in [0.717, 1.165) is 38.3 Å². The Bertz CT molecular complexity index is 1280. The zero-order valence-electron chi connectivity index (χ0n) is 14.6. The van der Waals surface area contributed by atoms with Crippen LogP contribution in [0.3, 0.4) is 0 Å². The van der Waals surface area contributed by atoms with Crippen LogP contribution in [0, 0.1) is 5.82 Å². The lowest BCUT2D eigenvalue weighted by molar-refractivity contribution is 0.627. The molecule has 2 heterocycles. The van der Waals surface area contributed by atoms with Gasteiger partial charge in [0.1, 0.15) is 11.5 Å². The quantitative estimate of drug-likeness (QED) is 0.286. The molecule has 0 aliphatic heterocycles. The number of rotatable bonds is 3. The first-order valence-corrected chi connectivity index (χ1v) is 9.67. The van der Waals surface area contributed by atoms with Gasteiger partial charge in [-0.25, -0.2) is 14.4 Å². The fourth-order valence-corrected chi connectivity index (χ4v) is 4.40. The van der Waals surface area contributed by atoms with Crippen LogP contribution in [-0.2, 0) is 0 Å². The molecule has 0 radical (unpaired) electrons. The lowest BCUT2D eigenvalue weighted by Gasteiger charge is -2.14. The van der Waals surface area contributed by atoms with Crippen LogP contribution in [0.25, 0.3) is 27.6 Å². The zero-order chi connectivity index (χ0) is 18.4. The molecule has 5 rings (SSSR count). The largest absolute Gasteiger partial charge is 0.271 e. The molecule has 0 saturated carbocycles. The Balaban J connectivity index is 1.73. The third kappa shape index (κ3) is 2.75. The van der Waals surface area contributed by atoms with Crippen LogP contribution in [-0.4, -0.2) is 14.4 Å². The highest BCUT2D eigenvalue weighted by molar-refractivity contribution is 7.99. The van der Waals surface area contributed by atoms with Crippen LogP contribution in [0.4, 0.5) is 4.39 Å². The number of imidazole rings is 1. The molecule has 5 heteroatoms. The number of nitrogens with zero attached hydrogens (tertiary/aromatic N) is 3. The Morgan fingerprint density at radius 3 is 2.37 bits per heavy atom. The number of thioether (sulfide) groups is 1. The number of halogens is 1. The molecular formula is C22H16FN3S. The average Bonchev–Trinajstić information content (AvgIpc) is 3.09. The minimum absolute atomic E-state index is 0.128. The first-order valence-electron chi connectivity index (χ1n) is 8.79. The van der Waals surface area contributed by atoms with Gasteiger partial charge in [0, 0.05) is 10.6 Å². The molecule has 0 N–H and O–H groups in total. The van der Waals surface area contributed by atoms with E-state index in [0.29, 0.717) is 0 Å². The van der Waals surface area contributed by atoms with Crippen molar-refractivity contribution in [3.05, 3.63) is 84.2 Å². The van der Waals surface area contributed by atoms with E-state index in [1.165, 1.54) is 12.1 Å². The summed E-state index contributed by atoms with van der Waals surface area (Å²) >= 11 is 1.66. The molecule has 2 aromatic heterocycles. The molecule has 0 aliphatic rings. The van der Waals surface area contributed by atoms with E-state index in [2.05, 4.69) is 23.5 Å². The Hall–Kier alpha value is -2.92. The summed E-state index contributed by atoms with van der Waals surface area (Å²) in [5.41, 5.74) is 4.89. The van der Waals surface area contributed by atoms with Gasteiger partial charge in [0.15, 0.2) is 5.16 Å². The third-order valence-corrected chi connectivity index (χ3v) is 5.85. The van der Waals surface area contributed by atoms with Crippen molar-refractivity contribution in [3.63, 3.8) is 0 Å². The minimum Gasteiger partial charge on any atom is -0.271 e. The lowest BCUT2D eigenvalue weighted by Crippen LogP contribution is -1.99. The molecule has 27 heavy (non-hydrogen) atoms. The maximum Gasteiger partial charge on any atom is 0.175 e. The summed E-state index contributed by atoms with van der Waals surface area (Å²) in [7, 11) is 0. The number of aromatic nitrogens is 3.